The van der Waals surface area contributed by atoms with Crippen molar-refractivity contribution in [3.63, 3.8) is 0 Å². The lowest BCUT2D eigenvalue weighted by Crippen LogP contribution is -2.53. The van der Waals surface area contributed by atoms with Crippen LogP contribution in [0.15, 0.2) is 114 Å². The molecular formula is C35H38FN3O5S. The summed E-state index contributed by atoms with van der Waals surface area (Å²) in [6.07, 6.45) is 1.74. The van der Waals surface area contributed by atoms with Gasteiger partial charge in [0.1, 0.15) is 24.2 Å². The van der Waals surface area contributed by atoms with Crippen LogP contribution in [0.4, 0.5) is 10.1 Å². The summed E-state index contributed by atoms with van der Waals surface area (Å²) in [5, 5.41) is 2.92. The highest BCUT2D eigenvalue weighted by atomic mass is 32.2. The molecule has 4 aromatic carbocycles. The van der Waals surface area contributed by atoms with Gasteiger partial charge >= 0.3 is 0 Å². The molecular weight excluding hydrogens is 593 g/mol. The number of hydrogen-bond acceptors (Lipinski definition) is 5. The minimum Gasteiger partial charge on any atom is -0.497 e. The Hall–Kier alpha value is -4.70. The fourth-order valence-electron chi connectivity index (χ4n) is 4.87. The van der Waals surface area contributed by atoms with Gasteiger partial charge in [-0.25, -0.2) is 12.8 Å². The molecule has 0 spiro atoms. The SMILES string of the molecule is CCCCNC(=O)C(Cc1ccccc1)N(Cc1ccccc1F)C(=O)CN(c1ccc(OC)cc1)S(=O)(=O)c1ccccc1. The highest BCUT2D eigenvalue weighted by Gasteiger charge is 2.35. The van der Waals surface area contributed by atoms with E-state index in [-0.39, 0.29) is 29.1 Å². The molecule has 0 radical (unpaired) electrons. The molecule has 0 aromatic heterocycles. The van der Waals surface area contributed by atoms with E-state index in [0.717, 1.165) is 22.7 Å². The van der Waals surface area contributed by atoms with E-state index < -0.39 is 40.2 Å². The Balaban J connectivity index is 1.79. The summed E-state index contributed by atoms with van der Waals surface area (Å²) < 4.78 is 49.3. The first kappa shape index (κ1) is 33.2. The van der Waals surface area contributed by atoms with Crippen molar-refractivity contribution in [2.24, 2.45) is 0 Å². The standard InChI is InChI=1S/C35H38FN3O5S/c1-3-4-23-37-35(41)33(24-27-13-7-5-8-14-27)38(25-28-15-11-12-18-32(28)36)34(40)26-39(29-19-21-30(44-2)22-20-29)45(42,43)31-16-9-6-10-17-31/h5-22,33H,3-4,23-26H2,1-2H3,(H,37,41). The van der Waals surface area contributed by atoms with Gasteiger partial charge in [-0.2, -0.15) is 0 Å². The van der Waals surface area contributed by atoms with Crippen molar-refractivity contribution in [3.05, 3.63) is 126 Å². The summed E-state index contributed by atoms with van der Waals surface area (Å²) in [5.41, 5.74) is 1.22. The zero-order valence-electron chi connectivity index (χ0n) is 25.4. The lowest BCUT2D eigenvalue weighted by Gasteiger charge is -2.34. The van der Waals surface area contributed by atoms with Gasteiger partial charge in [0.25, 0.3) is 10.0 Å². The third-order valence-corrected chi connectivity index (χ3v) is 9.16. The van der Waals surface area contributed by atoms with Crippen molar-refractivity contribution in [3.8, 4) is 5.75 Å². The first-order valence-corrected chi connectivity index (χ1v) is 16.2. The zero-order chi connectivity index (χ0) is 32.2. The van der Waals surface area contributed by atoms with E-state index in [1.807, 2.05) is 37.3 Å². The number of unbranched alkanes of at least 4 members (excludes halogenated alkanes) is 1. The topological polar surface area (TPSA) is 96.0 Å². The van der Waals surface area contributed by atoms with Crippen LogP contribution in [-0.4, -0.2) is 51.4 Å². The summed E-state index contributed by atoms with van der Waals surface area (Å²) in [6.45, 7) is 1.53. The summed E-state index contributed by atoms with van der Waals surface area (Å²) in [6, 6.07) is 28.3. The Bertz CT molecular complexity index is 1650. The highest BCUT2D eigenvalue weighted by molar-refractivity contribution is 7.92. The maximum atomic E-state index is 15.0. The maximum Gasteiger partial charge on any atom is 0.264 e. The number of methoxy groups -OCH3 is 1. The molecule has 2 amide bonds. The van der Waals surface area contributed by atoms with Crippen LogP contribution >= 0.6 is 0 Å². The van der Waals surface area contributed by atoms with Crippen LogP contribution in [0.3, 0.4) is 0 Å². The van der Waals surface area contributed by atoms with Crippen LogP contribution < -0.4 is 14.4 Å². The second-order valence-electron chi connectivity index (χ2n) is 10.5. The molecule has 8 nitrogen and oxygen atoms in total. The second-order valence-corrected chi connectivity index (χ2v) is 12.3. The molecule has 1 N–H and O–H groups in total. The molecule has 10 heteroatoms. The van der Waals surface area contributed by atoms with Gasteiger partial charge in [0.05, 0.1) is 17.7 Å². The van der Waals surface area contributed by atoms with Gasteiger partial charge in [0, 0.05) is 25.1 Å². The van der Waals surface area contributed by atoms with Crippen molar-refractivity contribution in [1.82, 2.24) is 10.2 Å². The van der Waals surface area contributed by atoms with Crippen molar-refractivity contribution in [1.29, 1.82) is 0 Å². The summed E-state index contributed by atoms with van der Waals surface area (Å²) in [5.74, 6) is -1.10. The van der Waals surface area contributed by atoms with Gasteiger partial charge in [-0.05, 0) is 54.4 Å². The second kappa shape index (κ2) is 15.9. The van der Waals surface area contributed by atoms with Gasteiger partial charge < -0.3 is 15.0 Å². The Kier molecular flexibility index (Phi) is 11.7. The fraction of sp³-hybridized carbons (Fsp3) is 0.257. The van der Waals surface area contributed by atoms with Crippen LogP contribution in [0.5, 0.6) is 5.75 Å². The lowest BCUT2D eigenvalue weighted by molar-refractivity contribution is -0.140. The average molecular weight is 632 g/mol. The van der Waals surface area contributed by atoms with Gasteiger partial charge in [0.2, 0.25) is 11.8 Å². The molecule has 4 rings (SSSR count). The molecule has 1 atom stereocenters. The largest absolute Gasteiger partial charge is 0.497 e. The van der Waals surface area contributed by atoms with Crippen LogP contribution in [0, 0.1) is 5.82 Å². The summed E-state index contributed by atoms with van der Waals surface area (Å²) in [7, 11) is -2.74. The van der Waals surface area contributed by atoms with E-state index in [1.54, 1.807) is 60.7 Å². The molecule has 0 saturated carbocycles. The third-order valence-electron chi connectivity index (χ3n) is 7.37. The van der Waals surface area contributed by atoms with Gasteiger partial charge in [-0.1, -0.05) is 80.1 Å². The molecule has 45 heavy (non-hydrogen) atoms. The van der Waals surface area contributed by atoms with Gasteiger partial charge in [-0.15, -0.1) is 0 Å². The molecule has 0 saturated heterocycles. The Labute approximate surface area is 264 Å². The number of rotatable bonds is 15. The molecule has 4 aromatic rings. The number of carbonyl (C=O) groups excluding carboxylic acids is 2. The normalized spacial score (nSPS) is 11.8. The van der Waals surface area contributed by atoms with E-state index in [9.17, 15) is 18.0 Å². The molecule has 0 aliphatic heterocycles. The van der Waals surface area contributed by atoms with E-state index in [0.29, 0.717) is 12.3 Å². The molecule has 0 aliphatic rings. The van der Waals surface area contributed by atoms with E-state index in [4.69, 9.17) is 4.74 Å². The van der Waals surface area contributed by atoms with Crippen molar-refractivity contribution in [2.45, 2.75) is 43.7 Å². The molecule has 0 heterocycles. The molecule has 0 fully saturated rings. The lowest BCUT2D eigenvalue weighted by atomic mass is 10.0. The highest BCUT2D eigenvalue weighted by Crippen LogP contribution is 2.27. The monoisotopic (exact) mass is 631 g/mol. The Morgan fingerprint density at radius 2 is 1.49 bits per heavy atom. The van der Waals surface area contributed by atoms with Gasteiger partial charge in [-0.3, -0.25) is 13.9 Å². The fourth-order valence-corrected chi connectivity index (χ4v) is 6.30. The molecule has 0 bridgehead atoms. The molecule has 0 aliphatic carbocycles. The number of benzene rings is 4. The predicted molar refractivity (Wildman–Crippen MR) is 173 cm³/mol. The van der Waals surface area contributed by atoms with Gasteiger partial charge in [0.15, 0.2) is 0 Å². The Morgan fingerprint density at radius 3 is 2.11 bits per heavy atom. The van der Waals surface area contributed by atoms with Crippen molar-refractivity contribution in [2.75, 3.05) is 24.5 Å². The van der Waals surface area contributed by atoms with Crippen LogP contribution in [0.25, 0.3) is 0 Å². The van der Waals surface area contributed by atoms with Crippen LogP contribution in [0.2, 0.25) is 0 Å². The number of nitrogens with one attached hydrogen (secondary N) is 1. The minimum absolute atomic E-state index is 0.00702. The maximum absolute atomic E-state index is 15.0. The number of carbonyl (C=O) groups is 2. The predicted octanol–water partition coefficient (Wildman–Crippen LogP) is 5.59. The number of anilines is 1. The number of halogens is 1. The quantitative estimate of drug-likeness (QED) is 0.173. The third kappa shape index (κ3) is 8.69. The number of amides is 2. The number of nitrogens with zero attached hydrogens (tertiary/aromatic N) is 2. The van der Waals surface area contributed by atoms with E-state index in [2.05, 4.69) is 5.32 Å². The number of hydrogen-bond donors (Lipinski definition) is 1. The van der Waals surface area contributed by atoms with E-state index >= 15 is 4.39 Å². The first-order chi connectivity index (χ1) is 21.7. The minimum atomic E-state index is -4.24. The van der Waals surface area contributed by atoms with Crippen LogP contribution in [-0.2, 0) is 32.6 Å². The molecule has 1 unspecified atom stereocenters. The summed E-state index contributed by atoms with van der Waals surface area (Å²) >= 11 is 0. The molecule has 236 valence electrons. The number of ether oxygens (including phenoxy) is 1. The number of sulfonamides is 1. The smallest absolute Gasteiger partial charge is 0.264 e. The summed E-state index contributed by atoms with van der Waals surface area (Å²) in [4.78, 5) is 29.4. The van der Waals surface area contributed by atoms with Crippen molar-refractivity contribution >= 4 is 27.5 Å². The van der Waals surface area contributed by atoms with Crippen molar-refractivity contribution < 1.29 is 27.1 Å². The average Bonchev–Trinajstić information content (AvgIpc) is 3.07. The Morgan fingerprint density at radius 1 is 0.867 bits per heavy atom. The van der Waals surface area contributed by atoms with E-state index in [1.165, 1.54) is 30.2 Å². The zero-order valence-corrected chi connectivity index (χ0v) is 26.3. The van der Waals surface area contributed by atoms with Crippen LogP contribution in [0.1, 0.15) is 30.9 Å². The first-order valence-electron chi connectivity index (χ1n) is 14.8.